The molecular formula is C13H16BrN3S. The minimum absolute atomic E-state index is 0.447. The van der Waals surface area contributed by atoms with Crippen molar-refractivity contribution in [2.45, 2.75) is 39.2 Å². The molecule has 1 saturated carbocycles. The number of nitrogens with zero attached hydrogens (tertiary/aromatic N) is 2. The van der Waals surface area contributed by atoms with E-state index in [1.165, 1.54) is 25.7 Å². The van der Waals surface area contributed by atoms with Gasteiger partial charge >= 0.3 is 0 Å². The zero-order chi connectivity index (χ0) is 12.8. The first-order valence-corrected chi connectivity index (χ1v) is 7.58. The highest BCUT2D eigenvalue weighted by Gasteiger charge is 2.36. The summed E-state index contributed by atoms with van der Waals surface area (Å²) in [5.74, 6) is 0. The Morgan fingerprint density at radius 1 is 1.56 bits per heavy atom. The second-order valence-corrected chi connectivity index (χ2v) is 6.55. The van der Waals surface area contributed by atoms with Crippen LogP contribution in [0.5, 0.6) is 0 Å². The molecule has 1 fully saturated rings. The molecule has 0 amide bonds. The first-order valence-electron chi connectivity index (χ1n) is 6.38. The number of nitrogens with one attached hydrogen (secondary N) is 1. The van der Waals surface area contributed by atoms with E-state index < -0.39 is 0 Å². The predicted molar refractivity (Wildman–Crippen MR) is 79.2 cm³/mol. The summed E-state index contributed by atoms with van der Waals surface area (Å²) < 4.78 is 3.93. The molecule has 0 radical (unpaired) electrons. The minimum atomic E-state index is 0.447. The molecule has 0 spiro atoms. The summed E-state index contributed by atoms with van der Waals surface area (Å²) in [4.78, 5) is 7.74. The second-order valence-electron chi connectivity index (χ2n) is 5.25. The molecule has 3 nitrogen and oxygen atoms in total. The van der Waals surface area contributed by atoms with Crippen LogP contribution in [0.4, 0.5) is 0 Å². The van der Waals surface area contributed by atoms with Crippen molar-refractivity contribution in [1.82, 2.24) is 14.5 Å². The van der Waals surface area contributed by atoms with Crippen LogP contribution in [0.25, 0.3) is 11.2 Å². The van der Waals surface area contributed by atoms with Gasteiger partial charge in [-0.1, -0.05) is 13.3 Å². The monoisotopic (exact) mass is 325 g/mol. The number of fused-ring (bicyclic) bond motifs is 1. The maximum Gasteiger partial charge on any atom is 0.179 e. The molecule has 0 unspecified atom stereocenters. The average molecular weight is 326 g/mol. The van der Waals surface area contributed by atoms with Gasteiger partial charge in [-0.05, 0) is 58.9 Å². The molecule has 5 heteroatoms. The normalized spacial score (nSPS) is 17.9. The molecule has 0 aliphatic heterocycles. The Kier molecular flexibility index (Phi) is 3.06. The van der Waals surface area contributed by atoms with Gasteiger partial charge in [-0.2, -0.15) is 0 Å². The fourth-order valence-electron chi connectivity index (χ4n) is 2.80. The average Bonchev–Trinajstić information content (AvgIpc) is 2.59. The van der Waals surface area contributed by atoms with Crippen LogP contribution in [-0.4, -0.2) is 14.5 Å². The third-order valence-electron chi connectivity index (χ3n) is 4.23. The van der Waals surface area contributed by atoms with E-state index in [1.807, 2.05) is 12.3 Å². The van der Waals surface area contributed by atoms with Crippen LogP contribution in [0.1, 0.15) is 32.6 Å². The molecule has 1 aliphatic rings. The van der Waals surface area contributed by atoms with E-state index in [1.54, 1.807) is 0 Å². The molecule has 18 heavy (non-hydrogen) atoms. The van der Waals surface area contributed by atoms with Gasteiger partial charge in [-0.15, -0.1) is 0 Å². The fraction of sp³-hybridized carbons (Fsp3) is 0.538. The smallest absolute Gasteiger partial charge is 0.179 e. The molecule has 0 bridgehead atoms. The summed E-state index contributed by atoms with van der Waals surface area (Å²) in [6.45, 7) is 3.28. The van der Waals surface area contributed by atoms with E-state index in [-0.39, 0.29) is 0 Å². The number of aromatic amines is 1. The van der Waals surface area contributed by atoms with E-state index >= 15 is 0 Å². The molecule has 0 aromatic carbocycles. The summed E-state index contributed by atoms with van der Waals surface area (Å²) in [5.41, 5.74) is 2.44. The quantitative estimate of drug-likeness (QED) is 0.846. The van der Waals surface area contributed by atoms with Crippen LogP contribution in [0.15, 0.2) is 16.7 Å². The highest BCUT2D eigenvalue weighted by molar-refractivity contribution is 9.10. The van der Waals surface area contributed by atoms with Crippen molar-refractivity contribution in [3.63, 3.8) is 0 Å². The summed E-state index contributed by atoms with van der Waals surface area (Å²) in [6.07, 6.45) is 7.03. The Balaban J connectivity index is 2.06. The number of H-pyrrole nitrogens is 1. The SMILES string of the molecule is CCC1(Cn2c(=S)[nH]c3cc(Br)cnc32)CCC1. The molecule has 2 aromatic rings. The molecular weight excluding hydrogens is 310 g/mol. The maximum absolute atomic E-state index is 5.44. The second kappa shape index (κ2) is 4.46. The van der Waals surface area contributed by atoms with Gasteiger partial charge in [-0.3, -0.25) is 0 Å². The molecule has 1 N–H and O–H groups in total. The van der Waals surface area contributed by atoms with Crippen molar-refractivity contribution >= 4 is 39.3 Å². The van der Waals surface area contributed by atoms with Gasteiger partial charge in [0.15, 0.2) is 10.4 Å². The van der Waals surface area contributed by atoms with E-state index in [9.17, 15) is 0 Å². The summed E-state index contributed by atoms with van der Waals surface area (Å²) in [5, 5.41) is 0. The fourth-order valence-corrected chi connectivity index (χ4v) is 3.39. The largest absolute Gasteiger partial charge is 0.329 e. The number of imidazole rings is 1. The third kappa shape index (κ3) is 1.93. The predicted octanol–water partition coefficient (Wildman–Crippen LogP) is 4.44. The van der Waals surface area contributed by atoms with Crippen molar-refractivity contribution in [3.05, 3.63) is 21.5 Å². The topological polar surface area (TPSA) is 33.6 Å². The third-order valence-corrected chi connectivity index (χ3v) is 4.99. The number of rotatable bonds is 3. The summed E-state index contributed by atoms with van der Waals surface area (Å²) in [7, 11) is 0. The molecule has 2 heterocycles. The Labute approximate surface area is 120 Å². The minimum Gasteiger partial charge on any atom is -0.329 e. The Hall–Kier alpha value is -0.680. The van der Waals surface area contributed by atoms with E-state index in [4.69, 9.17) is 12.2 Å². The van der Waals surface area contributed by atoms with Crippen LogP contribution in [0.2, 0.25) is 0 Å². The van der Waals surface area contributed by atoms with Crippen LogP contribution in [0.3, 0.4) is 0 Å². The number of aromatic nitrogens is 3. The van der Waals surface area contributed by atoms with Gasteiger partial charge in [0.05, 0.1) is 5.52 Å². The Morgan fingerprint density at radius 2 is 2.33 bits per heavy atom. The van der Waals surface area contributed by atoms with Gasteiger partial charge in [0.1, 0.15) is 0 Å². The van der Waals surface area contributed by atoms with Crippen LogP contribution < -0.4 is 0 Å². The van der Waals surface area contributed by atoms with Gasteiger partial charge in [0.2, 0.25) is 0 Å². The van der Waals surface area contributed by atoms with E-state index in [0.717, 1.165) is 27.0 Å². The first kappa shape index (κ1) is 12.4. The highest BCUT2D eigenvalue weighted by Crippen LogP contribution is 2.45. The van der Waals surface area contributed by atoms with Gasteiger partial charge in [0.25, 0.3) is 0 Å². The van der Waals surface area contributed by atoms with Crippen molar-refractivity contribution in [3.8, 4) is 0 Å². The van der Waals surface area contributed by atoms with Crippen LogP contribution in [-0.2, 0) is 6.54 Å². The van der Waals surface area contributed by atoms with Crippen molar-refractivity contribution in [1.29, 1.82) is 0 Å². The molecule has 96 valence electrons. The molecule has 2 aromatic heterocycles. The zero-order valence-electron chi connectivity index (χ0n) is 10.4. The van der Waals surface area contributed by atoms with Crippen molar-refractivity contribution in [2.75, 3.05) is 0 Å². The Bertz CT molecular complexity index is 634. The van der Waals surface area contributed by atoms with Crippen molar-refractivity contribution in [2.24, 2.45) is 5.41 Å². The first-order chi connectivity index (χ1) is 8.63. The van der Waals surface area contributed by atoms with Crippen LogP contribution in [0, 0.1) is 10.2 Å². The van der Waals surface area contributed by atoms with Gasteiger partial charge < -0.3 is 9.55 Å². The lowest BCUT2D eigenvalue weighted by molar-refractivity contribution is 0.101. The van der Waals surface area contributed by atoms with Gasteiger partial charge in [0, 0.05) is 17.2 Å². The zero-order valence-corrected chi connectivity index (χ0v) is 12.8. The summed E-state index contributed by atoms with van der Waals surface area (Å²) in [6, 6.07) is 2.04. The number of hydrogen-bond acceptors (Lipinski definition) is 2. The molecule has 0 atom stereocenters. The van der Waals surface area contributed by atoms with E-state index in [2.05, 4.69) is 37.4 Å². The standard InChI is InChI=1S/C13H16BrN3S/c1-2-13(4-3-5-13)8-17-11-10(16-12(17)18)6-9(14)7-15-11/h6-7H,2-5,8H2,1H3,(H,16,18). The number of pyridine rings is 1. The summed E-state index contributed by atoms with van der Waals surface area (Å²) >= 11 is 8.88. The molecule has 3 rings (SSSR count). The van der Waals surface area contributed by atoms with Crippen molar-refractivity contribution < 1.29 is 0 Å². The van der Waals surface area contributed by atoms with Crippen LogP contribution >= 0.6 is 28.1 Å². The molecule has 1 aliphatic carbocycles. The number of hydrogen-bond donors (Lipinski definition) is 1. The number of halogens is 1. The lowest BCUT2D eigenvalue weighted by Crippen LogP contribution is -2.33. The van der Waals surface area contributed by atoms with E-state index in [0.29, 0.717) is 5.41 Å². The molecule has 0 saturated heterocycles. The lowest BCUT2D eigenvalue weighted by atomic mass is 9.67. The van der Waals surface area contributed by atoms with Gasteiger partial charge in [-0.25, -0.2) is 4.98 Å². The Morgan fingerprint density at radius 3 is 2.94 bits per heavy atom. The maximum atomic E-state index is 5.44. The lowest BCUT2D eigenvalue weighted by Gasteiger charge is -2.41. The highest BCUT2D eigenvalue weighted by atomic mass is 79.9.